The average molecular weight is 327 g/mol. The summed E-state index contributed by atoms with van der Waals surface area (Å²) in [6.45, 7) is 4.89. The van der Waals surface area contributed by atoms with Crippen molar-refractivity contribution in [2.75, 3.05) is 13.1 Å². The van der Waals surface area contributed by atoms with Gasteiger partial charge in [-0.2, -0.15) is 0 Å². The molecule has 0 saturated carbocycles. The Hall–Kier alpha value is -2.56. The van der Waals surface area contributed by atoms with Gasteiger partial charge in [-0.3, -0.25) is 9.59 Å². The van der Waals surface area contributed by atoms with Crippen molar-refractivity contribution in [2.45, 2.75) is 32.8 Å². The Bertz CT molecular complexity index is 771. The number of nitrogens with zero attached hydrogens (tertiary/aromatic N) is 1. The molecule has 0 spiro atoms. The number of hydrogen-bond donors (Lipinski definition) is 0. The van der Waals surface area contributed by atoms with Crippen molar-refractivity contribution < 1.29 is 13.9 Å². The van der Waals surface area contributed by atoms with Crippen molar-refractivity contribution in [1.82, 2.24) is 4.90 Å². The number of likely N-dealkylation sites (tertiary alicyclic amines) is 1. The Morgan fingerprint density at radius 3 is 2.42 bits per heavy atom. The Balaban J connectivity index is 1.59. The maximum atomic E-state index is 12.5. The first-order valence-electron chi connectivity index (χ1n) is 8.15. The van der Waals surface area contributed by atoms with Crippen LogP contribution in [0.3, 0.4) is 0 Å². The molecule has 1 aromatic heterocycles. The first-order valence-corrected chi connectivity index (χ1v) is 8.15. The van der Waals surface area contributed by atoms with Gasteiger partial charge < -0.3 is 14.1 Å². The lowest BCUT2D eigenvalue weighted by Crippen LogP contribution is -2.42. The van der Waals surface area contributed by atoms with Crippen LogP contribution in [0.5, 0.6) is 5.75 Å². The third-order valence-electron chi connectivity index (χ3n) is 4.15. The van der Waals surface area contributed by atoms with Gasteiger partial charge >= 0.3 is 0 Å². The number of carbonyl (C=O) groups is 1. The van der Waals surface area contributed by atoms with E-state index in [2.05, 4.69) is 0 Å². The number of rotatable bonds is 3. The van der Waals surface area contributed by atoms with Crippen LogP contribution in [0.4, 0.5) is 0 Å². The van der Waals surface area contributed by atoms with Gasteiger partial charge in [-0.1, -0.05) is 17.7 Å². The van der Waals surface area contributed by atoms with E-state index >= 15 is 0 Å². The third-order valence-corrected chi connectivity index (χ3v) is 4.15. The monoisotopic (exact) mass is 327 g/mol. The van der Waals surface area contributed by atoms with Gasteiger partial charge in [0.25, 0.3) is 5.91 Å². The molecule has 0 N–H and O–H groups in total. The highest BCUT2D eigenvalue weighted by Gasteiger charge is 2.26. The van der Waals surface area contributed by atoms with E-state index in [9.17, 15) is 9.59 Å². The summed E-state index contributed by atoms with van der Waals surface area (Å²) >= 11 is 0. The van der Waals surface area contributed by atoms with E-state index in [-0.39, 0.29) is 23.2 Å². The second kappa shape index (κ2) is 6.91. The largest absolute Gasteiger partial charge is 0.490 e. The topological polar surface area (TPSA) is 59.8 Å². The summed E-state index contributed by atoms with van der Waals surface area (Å²) in [5.41, 5.74) is 0.988. The molecule has 126 valence electrons. The number of ether oxygens (including phenoxy) is 1. The molecule has 1 aliphatic rings. The first kappa shape index (κ1) is 16.3. The average Bonchev–Trinajstić information content (AvgIpc) is 2.56. The lowest BCUT2D eigenvalue weighted by molar-refractivity contribution is 0.0562. The maximum Gasteiger partial charge on any atom is 0.289 e. The highest BCUT2D eigenvalue weighted by Crippen LogP contribution is 2.20. The fraction of sp³-hybridized carbons (Fsp3) is 0.368. The minimum Gasteiger partial charge on any atom is -0.490 e. The molecule has 1 amide bonds. The molecule has 1 fully saturated rings. The van der Waals surface area contributed by atoms with Crippen LogP contribution in [0.15, 0.2) is 45.6 Å². The summed E-state index contributed by atoms with van der Waals surface area (Å²) in [6, 6.07) is 10.6. The zero-order chi connectivity index (χ0) is 17.1. The van der Waals surface area contributed by atoms with Crippen molar-refractivity contribution in [2.24, 2.45) is 0 Å². The Labute approximate surface area is 140 Å². The molecule has 24 heavy (non-hydrogen) atoms. The lowest BCUT2D eigenvalue weighted by atomic mass is 10.1. The second-order valence-corrected chi connectivity index (χ2v) is 6.19. The van der Waals surface area contributed by atoms with Crippen LogP contribution in [-0.2, 0) is 0 Å². The molecule has 5 heteroatoms. The molecule has 0 atom stereocenters. The second-order valence-electron chi connectivity index (χ2n) is 6.19. The highest BCUT2D eigenvalue weighted by molar-refractivity contribution is 5.91. The molecule has 2 heterocycles. The number of piperidine rings is 1. The fourth-order valence-corrected chi connectivity index (χ4v) is 2.85. The van der Waals surface area contributed by atoms with Crippen LogP contribution in [0, 0.1) is 13.8 Å². The minimum absolute atomic E-state index is 0.0984. The Morgan fingerprint density at radius 1 is 1.12 bits per heavy atom. The van der Waals surface area contributed by atoms with E-state index in [1.807, 2.05) is 31.2 Å². The van der Waals surface area contributed by atoms with Crippen LogP contribution >= 0.6 is 0 Å². The molecule has 5 nitrogen and oxygen atoms in total. The minimum atomic E-state index is -0.232. The summed E-state index contributed by atoms with van der Waals surface area (Å²) in [4.78, 5) is 25.7. The molecule has 0 radical (unpaired) electrons. The standard InChI is InChI=1S/C19H21NO4/c1-13-3-5-16(6-4-13)24-17-7-9-20(10-8-17)19(22)18-12-15(21)11-14(2)23-18/h3-6,11-12,17H,7-10H2,1-2H3. The van der Waals surface area contributed by atoms with Gasteiger partial charge in [-0.15, -0.1) is 0 Å². The zero-order valence-corrected chi connectivity index (χ0v) is 14.0. The third kappa shape index (κ3) is 3.85. The number of amides is 1. The van der Waals surface area contributed by atoms with Crippen molar-refractivity contribution in [3.63, 3.8) is 0 Å². The van der Waals surface area contributed by atoms with Gasteiger partial charge in [-0.05, 0) is 26.0 Å². The predicted molar refractivity (Wildman–Crippen MR) is 90.4 cm³/mol. The fourth-order valence-electron chi connectivity index (χ4n) is 2.85. The molecular weight excluding hydrogens is 306 g/mol. The number of benzene rings is 1. The normalized spacial score (nSPS) is 15.3. The van der Waals surface area contributed by atoms with Crippen LogP contribution in [0.1, 0.15) is 34.7 Å². The molecule has 1 aromatic carbocycles. The van der Waals surface area contributed by atoms with Gasteiger partial charge in [-0.25, -0.2) is 0 Å². The van der Waals surface area contributed by atoms with E-state index in [1.165, 1.54) is 17.7 Å². The van der Waals surface area contributed by atoms with Crippen molar-refractivity contribution >= 4 is 5.91 Å². The van der Waals surface area contributed by atoms with Gasteiger partial charge in [0, 0.05) is 38.1 Å². The van der Waals surface area contributed by atoms with Gasteiger partial charge in [0.1, 0.15) is 17.6 Å². The van der Waals surface area contributed by atoms with E-state index in [0.717, 1.165) is 18.6 Å². The van der Waals surface area contributed by atoms with Crippen molar-refractivity contribution in [3.05, 3.63) is 63.7 Å². The van der Waals surface area contributed by atoms with E-state index < -0.39 is 0 Å². The first-order chi connectivity index (χ1) is 11.5. The van der Waals surface area contributed by atoms with Crippen molar-refractivity contribution in [1.29, 1.82) is 0 Å². The number of aryl methyl sites for hydroxylation is 2. The maximum absolute atomic E-state index is 12.5. The molecule has 3 rings (SSSR count). The molecule has 1 aliphatic heterocycles. The Kier molecular flexibility index (Phi) is 4.69. The van der Waals surface area contributed by atoms with Gasteiger partial charge in [0.15, 0.2) is 11.2 Å². The Morgan fingerprint density at radius 2 is 1.79 bits per heavy atom. The SMILES string of the molecule is Cc1ccc(OC2CCN(C(=O)c3cc(=O)cc(C)o3)CC2)cc1. The van der Waals surface area contributed by atoms with Gasteiger partial charge in [0.2, 0.25) is 0 Å². The summed E-state index contributed by atoms with van der Waals surface area (Å²) in [6.07, 6.45) is 1.62. The lowest BCUT2D eigenvalue weighted by Gasteiger charge is -2.31. The zero-order valence-electron chi connectivity index (χ0n) is 14.0. The van der Waals surface area contributed by atoms with Gasteiger partial charge in [0.05, 0.1) is 0 Å². The quantitative estimate of drug-likeness (QED) is 0.869. The summed E-state index contributed by atoms with van der Waals surface area (Å²) in [5, 5.41) is 0. The summed E-state index contributed by atoms with van der Waals surface area (Å²) in [5.74, 6) is 1.18. The molecule has 0 aliphatic carbocycles. The number of hydrogen-bond acceptors (Lipinski definition) is 4. The summed E-state index contributed by atoms with van der Waals surface area (Å²) < 4.78 is 11.4. The van der Waals surface area contributed by atoms with Crippen LogP contribution in [0.25, 0.3) is 0 Å². The molecule has 2 aromatic rings. The van der Waals surface area contributed by atoms with E-state index in [4.69, 9.17) is 9.15 Å². The molecular formula is C19H21NO4. The summed E-state index contributed by atoms with van der Waals surface area (Å²) in [7, 11) is 0. The smallest absolute Gasteiger partial charge is 0.289 e. The highest BCUT2D eigenvalue weighted by atomic mass is 16.5. The van der Waals surface area contributed by atoms with Crippen molar-refractivity contribution in [3.8, 4) is 5.75 Å². The molecule has 0 bridgehead atoms. The molecule has 1 saturated heterocycles. The number of carbonyl (C=O) groups excluding carboxylic acids is 1. The van der Waals surface area contributed by atoms with Crippen LogP contribution in [-0.4, -0.2) is 30.0 Å². The van der Waals surface area contributed by atoms with Crippen LogP contribution < -0.4 is 10.2 Å². The van der Waals surface area contributed by atoms with E-state index in [1.54, 1.807) is 11.8 Å². The van der Waals surface area contributed by atoms with Crippen LogP contribution in [0.2, 0.25) is 0 Å². The molecule has 0 unspecified atom stereocenters. The predicted octanol–water partition coefficient (Wildman–Crippen LogP) is 2.94. The van der Waals surface area contributed by atoms with E-state index in [0.29, 0.717) is 18.8 Å².